The number of barbiturate groups is 1. The van der Waals surface area contributed by atoms with E-state index in [0.29, 0.717) is 19.7 Å². The lowest BCUT2D eigenvalue weighted by atomic mass is 10.1. The maximum Gasteiger partial charge on any atom is 0.345 e. The average Bonchev–Trinajstić information content (AvgIpc) is 2.78. The number of urea groups is 1. The molecule has 0 aliphatic carbocycles. The summed E-state index contributed by atoms with van der Waals surface area (Å²) in [5.74, 6) is -2.47. The second-order valence-electron chi connectivity index (χ2n) is 7.62. The summed E-state index contributed by atoms with van der Waals surface area (Å²) in [5, 5.41) is 2.61. The van der Waals surface area contributed by atoms with Crippen LogP contribution in [-0.2, 0) is 9.59 Å². The van der Waals surface area contributed by atoms with Gasteiger partial charge in [-0.15, -0.1) is 0 Å². The van der Waals surface area contributed by atoms with Crippen molar-refractivity contribution in [3.8, 4) is 5.75 Å². The second kappa shape index (κ2) is 10.6. The fraction of sp³-hybridized carbons (Fsp3) is 0.0400. The van der Waals surface area contributed by atoms with E-state index in [1.165, 1.54) is 24.3 Å². The molecule has 3 aromatic carbocycles. The minimum absolute atomic E-state index is 0.0290. The Hall–Kier alpha value is -2.98. The summed E-state index contributed by atoms with van der Waals surface area (Å²) >= 11 is 18.7. The number of hydrogen-bond acceptors (Lipinski definition) is 5. The zero-order chi connectivity index (χ0) is 26.1. The highest BCUT2D eigenvalue weighted by Gasteiger charge is 2.37. The largest absolute Gasteiger partial charge is 0.421 e. The lowest BCUT2D eigenvalue weighted by Crippen LogP contribution is -2.54. The van der Waals surface area contributed by atoms with E-state index >= 15 is 0 Å². The minimum Gasteiger partial charge on any atom is -0.421 e. The molecule has 11 heteroatoms. The zero-order valence-corrected chi connectivity index (χ0v) is 23.0. The van der Waals surface area contributed by atoms with Crippen molar-refractivity contribution in [1.29, 1.82) is 0 Å². The second-order valence-corrected chi connectivity index (χ2v) is 10.2. The van der Waals surface area contributed by atoms with Crippen LogP contribution in [0.5, 0.6) is 5.75 Å². The summed E-state index contributed by atoms with van der Waals surface area (Å²) in [6.07, 6.45) is 1.24. The highest BCUT2D eigenvalue weighted by Crippen LogP contribution is 2.36. The number of hydrogen-bond donors (Lipinski definition) is 1. The van der Waals surface area contributed by atoms with Crippen LogP contribution in [0.25, 0.3) is 6.08 Å². The average molecular weight is 653 g/mol. The Morgan fingerprint density at radius 3 is 2.47 bits per heavy atom. The van der Waals surface area contributed by atoms with Gasteiger partial charge in [0.15, 0.2) is 5.75 Å². The molecular formula is C25H14Br2Cl2N2O5. The standard InChI is InChI=1S/C25H14Br2Cl2N2O5/c1-12-3-2-4-16(7-12)31-23(33)18(22(32)30-25(31)35)9-13-8-14(26)10-19(27)21(13)36-24(34)17-6-5-15(28)11-20(17)29/h2-11H,1H3,(H,30,32,35)/b18-9-. The van der Waals surface area contributed by atoms with Crippen molar-refractivity contribution in [3.63, 3.8) is 0 Å². The number of ether oxygens (including phenoxy) is 1. The molecular weight excluding hydrogens is 639 g/mol. The summed E-state index contributed by atoms with van der Waals surface area (Å²) < 4.78 is 6.53. The highest BCUT2D eigenvalue weighted by molar-refractivity contribution is 9.11. The number of imide groups is 2. The molecule has 0 unspecified atom stereocenters. The fourth-order valence-corrected chi connectivity index (χ4v) is 5.24. The van der Waals surface area contributed by atoms with Gasteiger partial charge in [0.1, 0.15) is 5.57 Å². The van der Waals surface area contributed by atoms with Crippen molar-refractivity contribution in [1.82, 2.24) is 5.32 Å². The van der Waals surface area contributed by atoms with E-state index < -0.39 is 23.8 Å². The predicted molar refractivity (Wildman–Crippen MR) is 143 cm³/mol. The zero-order valence-electron chi connectivity index (χ0n) is 18.3. The smallest absolute Gasteiger partial charge is 0.345 e. The molecule has 4 amide bonds. The molecule has 0 atom stereocenters. The van der Waals surface area contributed by atoms with Gasteiger partial charge < -0.3 is 4.74 Å². The molecule has 3 aromatic rings. The molecule has 0 radical (unpaired) electrons. The van der Waals surface area contributed by atoms with Crippen molar-refractivity contribution in [2.45, 2.75) is 6.92 Å². The number of halogens is 4. The molecule has 1 fully saturated rings. The number of nitrogens with one attached hydrogen (secondary N) is 1. The Kier molecular flexibility index (Phi) is 7.65. The van der Waals surface area contributed by atoms with Gasteiger partial charge in [-0.05, 0) is 77.0 Å². The first kappa shape index (κ1) is 26.1. The number of carbonyl (C=O) groups is 4. The number of carbonyl (C=O) groups excluding carboxylic acids is 4. The van der Waals surface area contributed by atoms with Crippen LogP contribution in [0.15, 0.2) is 69.1 Å². The number of aryl methyl sites for hydroxylation is 1. The van der Waals surface area contributed by atoms with Crippen LogP contribution in [0.2, 0.25) is 10.0 Å². The van der Waals surface area contributed by atoms with Crippen molar-refractivity contribution < 1.29 is 23.9 Å². The van der Waals surface area contributed by atoms with E-state index in [1.54, 1.807) is 30.3 Å². The highest BCUT2D eigenvalue weighted by atomic mass is 79.9. The maximum absolute atomic E-state index is 13.3. The number of anilines is 1. The van der Waals surface area contributed by atoms with E-state index in [4.69, 9.17) is 27.9 Å². The van der Waals surface area contributed by atoms with E-state index in [9.17, 15) is 19.2 Å². The number of benzene rings is 3. The number of rotatable bonds is 4. The van der Waals surface area contributed by atoms with Crippen LogP contribution < -0.4 is 15.0 Å². The van der Waals surface area contributed by atoms with Crippen molar-refractivity contribution in [2.24, 2.45) is 0 Å². The van der Waals surface area contributed by atoms with Gasteiger partial charge in [-0.3, -0.25) is 14.9 Å². The van der Waals surface area contributed by atoms with Gasteiger partial charge in [0.25, 0.3) is 11.8 Å². The Bertz CT molecular complexity index is 1490. The van der Waals surface area contributed by atoms with Crippen LogP contribution in [0.4, 0.5) is 10.5 Å². The summed E-state index contributed by atoms with van der Waals surface area (Å²) in [6.45, 7) is 1.81. The van der Waals surface area contributed by atoms with Gasteiger partial charge >= 0.3 is 12.0 Å². The van der Waals surface area contributed by atoms with Gasteiger partial charge in [0, 0.05) is 15.1 Å². The van der Waals surface area contributed by atoms with Crippen LogP contribution in [0.1, 0.15) is 21.5 Å². The maximum atomic E-state index is 13.3. The Morgan fingerprint density at radius 2 is 1.78 bits per heavy atom. The molecule has 0 saturated carbocycles. The summed E-state index contributed by atoms with van der Waals surface area (Å²) in [4.78, 5) is 52.2. The normalized spacial score (nSPS) is 14.8. The molecule has 182 valence electrons. The molecule has 4 rings (SSSR count). The summed E-state index contributed by atoms with van der Waals surface area (Å²) in [5.41, 5.74) is 1.07. The van der Waals surface area contributed by atoms with E-state index in [1.807, 2.05) is 13.0 Å². The third kappa shape index (κ3) is 5.39. The first-order valence-corrected chi connectivity index (χ1v) is 12.5. The molecule has 36 heavy (non-hydrogen) atoms. The monoisotopic (exact) mass is 650 g/mol. The molecule has 0 spiro atoms. The third-order valence-electron chi connectivity index (χ3n) is 5.04. The predicted octanol–water partition coefficient (Wildman–Crippen LogP) is 6.71. The number of nitrogens with zero attached hydrogens (tertiary/aromatic N) is 1. The first-order valence-electron chi connectivity index (χ1n) is 10.2. The van der Waals surface area contributed by atoms with E-state index in [0.717, 1.165) is 10.5 Å². The molecule has 0 aromatic heterocycles. The Morgan fingerprint density at radius 1 is 1.03 bits per heavy atom. The van der Waals surface area contributed by atoms with Gasteiger partial charge in [-0.25, -0.2) is 14.5 Å². The van der Waals surface area contributed by atoms with E-state index in [-0.39, 0.29) is 27.5 Å². The molecule has 1 aliphatic rings. The lowest BCUT2D eigenvalue weighted by Gasteiger charge is -2.26. The van der Waals surface area contributed by atoms with Crippen LogP contribution in [0.3, 0.4) is 0 Å². The molecule has 1 saturated heterocycles. The Balaban J connectivity index is 1.76. The number of esters is 1. The van der Waals surface area contributed by atoms with Crippen molar-refractivity contribution >= 4 is 90.6 Å². The number of amides is 4. The molecule has 1 N–H and O–H groups in total. The van der Waals surface area contributed by atoms with Crippen LogP contribution >= 0.6 is 55.1 Å². The Labute approximate surface area is 232 Å². The minimum atomic E-state index is -0.886. The topological polar surface area (TPSA) is 92.8 Å². The van der Waals surface area contributed by atoms with E-state index in [2.05, 4.69) is 37.2 Å². The quantitative estimate of drug-likeness (QED) is 0.146. The molecule has 1 heterocycles. The van der Waals surface area contributed by atoms with Gasteiger partial charge in [-0.2, -0.15) is 0 Å². The fourth-order valence-electron chi connectivity index (χ4n) is 3.41. The third-order valence-corrected chi connectivity index (χ3v) is 6.64. The van der Waals surface area contributed by atoms with Crippen molar-refractivity contribution in [3.05, 3.63) is 95.9 Å². The first-order chi connectivity index (χ1) is 17.0. The molecule has 1 aliphatic heterocycles. The van der Waals surface area contributed by atoms with Crippen molar-refractivity contribution in [2.75, 3.05) is 4.90 Å². The van der Waals surface area contributed by atoms with Gasteiger partial charge in [0.2, 0.25) is 0 Å². The molecule has 7 nitrogen and oxygen atoms in total. The lowest BCUT2D eigenvalue weighted by molar-refractivity contribution is -0.122. The van der Waals surface area contributed by atoms with Crippen LogP contribution in [-0.4, -0.2) is 23.8 Å². The van der Waals surface area contributed by atoms with Crippen LogP contribution in [0, 0.1) is 6.92 Å². The van der Waals surface area contributed by atoms with Gasteiger partial charge in [-0.1, -0.05) is 51.3 Å². The van der Waals surface area contributed by atoms with Gasteiger partial charge in [0.05, 0.1) is 20.7 Å². The summed E-state index contributed by atoms with van der Waals surface area (Å²) in [7, 11) is 0. The SMILES string of the molecule is Cc1cccc(N2C(=O)NC(=O)/C(=C/c3cc(Br)cc(Br)c3OC(=O)c3ccc(Cl)cc3Cl)C2=O)c1. The molecule has 0 bridgehead atoms. The summed E-state index contributed by atoms with van der Waals surface area (Å²) in [6, 6.07) is 13.3.